The molecular weight excluding hydrogens is 280 g/mol. The van der Waals surface area contributed by atoms with Crippen LogP contribution in [0.5, 0.6) is 5.88 Å². The van der Waals surface area contributed by atoms with Crippen LogP contribution in [0.3, 0.4) is 0 Å². The van der Waals surface area contributed by atoms with E-state index >= 15 is 0 Å². The summed E-state index contributed by atoms with van der Waals surface area (Å²) in [5.74, 6) is 0.333. The summed E-state index contributed by atoms with van der Waals surface area (Å²) in [5.41, 5.74) is 2.36. The number of carbonyl (C=O) groups is 1. The molecule has 0 saturated heterocycles. The number of hydrogen-bond acceptors (Lipinski definition) is 4. The fourth-order valence-electron chi connectivity index (χ4n) is 2.15. The number of imidazole rings is 1. The minimum atomic E-state index is -0.154. The van der Waals surface area contributed by atoms with E-state index in [0.29, 0.717) is 24.4 Å². The van der Waals surface area contributed by atoms with Gasteiger partial charge in [-0.25, -0.2) is 9.97 Å². The zero-order valence-electron chi connectivity index (χ0n) is 12.2. The molecule has 0 saturated carbocycles. The highest BCUT2D eigenvalue weighted by molar-refractivity contribution is 5.93. The van der Waals surface area contributed by atoms with Crippen molar-refractivity contribution in [1.29, 1.82) is 0 Å². The van der Waals surface area contributed by atoms with Crippen molar-refractivity contribution in [3.8, 4) is 5.88 Å². The normalized spacial score (nSPS) is 10.6. The molecule has 1 amide bonds. The average molecular weight is 296 g/mol. The lowest BCUT2D eigenvalue weighted by atomic mass is 10.2. The second kappa shape index (κ2) is 6.26. The largest absolute Gasteiger partial charge is 0.481 e. The quantitative estimate of drug-likeness (QED) is 0.778. The molecule has 3 heterocycles. The Balaban J connectivity index is 1.56. The van der Waals surface area contributed by atoms with Gasteiger partial charge < -0.3 is 14.5 Å². The van der Waals surface area contributed by atoms with Crippen LogP contribution in [0.25, 0.3) is 5.65 Å². The summed E-state index contributed by atoms with van der Waals surface area (Å²) >= 11 is 0. The molecule has 6 heteroatoms. The van der Waals surface area contributed by atoms with Crippen LogP contribution >= 0.6 is 0 Å². The Labute approximate surface area is 127 Å². The number of nitrogens with zero attached hydrogens (tertiary/aromatic N) is 3. The molecule has 0 atom stereocenters. The number of ether oxygens (including phenoxy) is 1. The van der Waals surface area contributed by atoms with Gasteiger partial charge in [0.25, 0.3) is 5.91 Å². The molecule has 0 spiro atoms. The van der Waals surface area contributed by atoms with Gasteiger partial charge in [-0.3, -0.25) is 4.79 Å². The van der Waals surface area contributed by atoms with Crippen LogP contribution in [0.2, 0.25) is 0 Å². The number of rotatable bonds is 5. The van der Waals surface area contributed by atoms with Crippen LogP contribution < -0.4 is 10.1 Å². The average Bonchev–Trinajstić information content (AvgIpc) is 2.97. The molecule has 3 aromatic rings. The third kappa shape index (κ3) is 3.06. The van der Waals surface area contributed by atoms with Crippen LogP contribution in [0, 0.1) is 0 Å². The number of carbonyl (C=O) groups excluding carboxylic acids is 1. The minimum Gasteiger partial charge on any atom is -0.481 e. The van der Waals surface area contributed by atoms with Gasteiger partial charge >= 0.3 is 0 Å². The van der Waals surface area contributed by atoms with Gasteiger partial charge in [0.05, 0.1) is 18.4 Å². The van der Waals surface area contributed by atoms with Crippen LogP contribution in [0.4, 0.5) is 0 Å². The number of amides is 1. The third-order valence-corrected chi connectivity index (χ3v) is 3.29. The van der Waals surface area contributed by atoms with Crippen molar-refractivity contribution in [2.75, 3.05) is 13.7 Å². The Hall–Kier alpha value is -2.89. The predicted molar refractivity (Wildman–Crippen MR) is 82.0 cm³/mol. The fourth-order valence-corrected chi connectivity index (χ4v) is 2.15. The van der Waals surface area contributed by atoms with E-state index in [-0.39, 0.29) is 5.91 Å². The lowest BCUT2D eigenvalue weighted by Gasteiger charge is -2.04. The zero-order chi connectivity index (χ0) is 15.4. The van der Waals surface area contributed by atoms with Crippen molar-refractivity contribution >= 4 is 11.6 Å². The molecule has 0 aromatic carbocycles. The van der Waals surface area contributed by atoms with Crippen LogP contribution in [0.1, 0.15) is 16.1 Å². The molecule has 0 unspecified atom stereocenters. The second-order valence-electron chi connectivity index (χ2n) is 4.79. The van der Waals surface area contributed by atoms with Gasteiger partial charge in [-0.05, 0) is 18.2 Å². The highest BCUT2D eigenvalue weighted by atomic mass is 16.5. The van der Waals surface area contributed by atoms with Crippen molar-refractivity contribution in [2.45, 2.75) is 6.42 Å². The van der Waals surface area contributed by atoms with Crippen molar-refractivity contribution in [3.05, 3.63) is 60.2 Å². The number of hydrogen-bond donors (Lipinski definition) is 1. The number of nitrogens with one attached hydrogen (secondary N) is 1. The molecular formula is C16H16N4O2. The maximum atomic E-state index is 12.0. The molecule has 0 fully saturated rings. The first-order chi connectivity index (χ1) is 10.8. The minimum absolute atomic E-state index is 0.154. The zero-order valence-corrected chi connectivity index (χ0v) is 12.2. The van der Waals surface area contributed by atoms with Crippen molar-refractivity contribution < 1.29 is 9.53 Å². The van der Waals surface area contributed by atoms with Gasteiger partial charge in [0.2, 0.25) is 5.88 Å². The monoisotopic (exact) mass is 296 g/mol. The Morgan fingerprint density at radius 3 is 2.95 bits per heavy atom. The molecule has 112 valence electrons. The summed E-state index contributed by atoms with van der Waals surface area (Å²) in [5, 5.41) is 2.86. The summed E-state index contributed by atoms with van der Waals surface area (Å²) in [7, 11) is 1.54. The van der Waals surface area contributed by atoms with Gasteiger partial charge in [-0.1, -0.05) is 6.07 Å². The Kier molecular flexibility index (Phi) is 4.00. The molecule has 0 aliphatic heterocycles. The summed E-state index contributed by atoms with van der Waals surface area (Å²) in [4.78, 5) is 20.5. The molecule has 1 N–H and O–H groups in total. The van der Waals surface area contributed by atoms with E-state index in [2.05, 4.69) is 15.3 Å². The first-order valence-electron chi connectivity index (χ1n) is 6.97. The fraction of sp³-hybridized carbons (Fsp3) is 0.188. The summed E-state index contributed by atoms with van der Waals surface area (Å²) < 4.78 is 6.93. The summed E-state index contributed by atoms with van der Waals surface area (Å²) in [6, 6.07) is 9.20. The van der Waals surface area contributed by atoms with Crippen LogP contribution in [-0.4, -0.2) is 33.9 Å². The van der Waals surface area contributed by atoms with E-state index in [1.807, 2.05) is 35.0 Å². The Morgan fingerprint density at radius 1 is 1.32 bits per heavy atom. The van der Waals surface area contributed by atoms with E-state index < -0.39 is 0 Å². The van der Waals surface area contributed by atoms with Gasteiger partial charge in [-0.15, -0.1) is 0 Å². The molecule has 0 aliphatic rings. The highest BCUT2D eigenvalue weighted by Crippen LogP contribution is 2.07. The molecule has 3 rings (SSSR count). The topological polar surface area (TPSA) is 68.5 Å². The number of aromatic nitrogens is 3. The van der Waals surface area contributed by atoms with Gasteiger partial charge in [-0.2, -0.15) is 0 Å². The first-order valence-corrected chi connectivity index (χ1v) is 6.97. The number of pyridine rings is 2. The van der Waals surface area contributed by atoms with E-state index in [1.54, 1.807) is 12.1 Å². The van der Waals surface area contributed by atoms with E-state index in [4.69, 9.17) is 4.74 Å². The smallest absolute Gasteiger partial charge is 0.252 e. The standard InChI is InChI=1S/C16H16N4O2/c1-22-15-6-5-12(10-18-15)16(21)17-8-7-13-11-20-9-3-2-4-14(20)19-13/h2-6,9-11H,7-8H2,1H3,(H,17,21). The van der Waals surface area contributed by atoms with Crippen molar-refractivity contribution in [2.24, 2.45) is 0 Å². The lowest BCUT2D eigenvalue weighted by molar-refractivity contribution is 0.0953. The Morgan fingerprint density at radius 2 is 2.23 bits per heavy atom. The van der Waals surface area contributed by atoms with E-state index in [1.165, 1.54) is 13.3 Å². The van der Waals surface area contributed by atoms with Gasteiger partial charge in [0, 0.05) is 37.6 Å². The molecule has 22 heavy (non-hydrogen) atoms. The van der Waals surface area contributed by atoms with Crippen LogP contribution in [0.15, 0.2) is 48.9 Å². The van der Waals surface area contributed by atoms with Gasteiger partial charge in [0.15, 0.2) is 0 Å². The van der Waals surface area contributed by atoms with E-state index in [0.717, 1.165) is 11.3 Å². The maximum Gasteiger partial charge on any atom is 0.252 e. The molecule has 3 aromatic heterocycles. The van der Waals surface area contributed by atoms with Gasteiger partial charge in [0.1, 0.15) is 5.65 Å². The summed E-state index contributed by atoms with van der Waals surface area (Å²) in [6.07, 6.45) is 6.10. The Bertz CT molecular complexity index is 747. The SMILES string of the molecule is COc1ccc(C(=O)NCCc2cn3ccccc3n2)cn1. The van der Waals surface area contributed by atoms with E-state index in [9.17, 15) is 4.79 Å². The maximum absolute atomic E-state index is 12.0. The first kappa shape index (κ1) is 14.1. The number of methoxy groups -OCH3 is 1. The lowest BCUT2D eigenvalue weighted by Crippen LogP contribution is -2.25. The third-order valence-electron chi connectivity index (χ3n) is 3.29. The number of fused-ring (bicyclic) bond motifs is 1. The second-order valence-corrected chi connectivity index (χ2v) is 4.79. The van der Waals surface area contributed by atoms with Crippen LogP contribution in [-0.2, 0) is 6.42 Å². The molecule has 0 aliphatic carbocycles. The summed E-state index contributed by atoms with van der Waals surface area (Å²) in [6.45, 7) is 0.523. The highest BCUT2D eigenvalue weighted by Gasteiger charge is 2.07. The molecule has 0 radical (unpaired) electrons. The molecule has 6 nitrogen and oxygen atoms in total. The predicted octanol–water partition coefficient (Wildman–Crippen LogP) is 1.71. The van der Waals surface area contributed by atoms with Crippen molar-refractivity contribution in [3.63, 3.8) is 0 Å². The molecule has 0 bridgehead atoms. The van der Waals surface area contributed by atoms with Crippen molar-refractivity contribution in [1.82, 2.24) is 19.7 Å².